The summed E-state index contributed by atoms with van der Waals surface area (Å²) in [7, 11) is 0. The standard InChI is InChI=1S/C11H16O4/c1-2-3-4-5-6-7-9-11(13)14-8-10(12)15-9/h2,9H,1,3-8H2. The molecule has 1 rings (SSSR count). The summed E-state index contributed by atoms with van der Waals surface area (Å²) in [6.07, 6.45) is 5.65. The molecule has 0 bridgehead atoms. The van der Waals surface area contributed by atoms with Crippen LogP contribution in [0.1, 0.15) is 32.1 Å². The zero-order valence-electron chi connectivity index (χ0n) is 8.74. The van der Waals surface area contributed by atoms with E-state index in [1.165, 1.54) is 0 Å². The van der Waals surface area contributed by atoms with E-state index in [0.717, 1.165) is 25.7 Å². The van der Waals surface area contributed by atoms with Gasteiger partial charge in [-0.25, -0.2) is 9.59 Å². The van der Waals surface area contributed by atoms with Crippen molar-refractivity contribution in [2.75, 3.05) is 6.61 Å². The fourth-order valence-electron chi connectivity index (χ4n) is 1.44. The molecule has 1 unspecified atom stereocenters. The van der Waals surface area contributed by atoms with Crippen LogP contribution in [0, 0.1) is 0 Å². The highest BCUT2D eigenvalue weighted by Gasteiger charge is 2.29. The van der Waals surface area contributed by atoms with E-state index < -0.39 is 18.0 Å². The number of carbonyl (C=O) groups is 2. The number of rotatable bonds is 6. The average molecular weight is 212 g/mol. The summed E-state index contributed by atoms with van der Waals surface area (Å²) in [5, 5.41) is 0. The highest BCUT2D eigenvalue weighted by atomic mass is 16.6. The number of hydrogen-bond donors (Lipinski definition) is 0. The molecule has 0 N–H and O–H groups in total. The van der Waals surface area contributed by atoms with Gasteiger partial charge in [0.2, 0.25) is 0 Å². The summed E-state index contributed by atoms with van der Waals surface area (Å²) < 4.78 is 9.52. The first-order valence-corrected chi connectivity index (χ1v) is 5.21. The van der Waals surface area contributed by atoms with Gasteiger partial charge < -0.3 is 9.47 Å². The Kier molecular flexibility index (Phi) is 4.87. The second-order valence-electron chi connectivity index (χ2n) is 3.51. The SMILES string of the molecule is C=CCCCCCC1OC(=O)COC1=O. The van der Waals surface area contributed by atoms with Crippen LogP contribution in [0.25, 0.3) is 0 Å². The van der Waals surface area contributed by atoms with E-state index in [1.54, 1.807) is 0 Å². The number of carbonyl (C=O) groups excluding carboxylic acids is 2. The van der Waals surface area contributed by atoms with E-state index in [9.17, 15) is 9.59 Å². The Bertz CT molecular complexity index is 247. The van der Waals surface area contributed by atoms with Crippen LogP contribution in [-0.4, -0.2) is 24.6 Å². The van der Waals surface area contributed by atoms with E-state index >= 15 is 0 Å². The van der Waals surface area contributed by atoms with Gasteiger partial charge in [-0.2, -0.15) is 0 Å². The molecule has 1 aliphatic rings. The molecule has 1 fully saturated rings. The number of ether oxygens (including phenoxy) is 2. The summed E-state index contributed by atoms with van der Waals surface area (Å²) in [5.41, 5.74) is 0. The fraction of sp³-hybridized carbons (Fsp3) is 0.636. The Morgan fingerprint density at radius 3 is 2.87 bits per heavy atom. The molecule has 4 heteroatoms. The zero-order valence-corrected chi connectivity index (χ0v) is 8.74. The molecule has 0 aromatic heterocycles. The molecule has 1 aliphatic heterocycles. The molecule has 0 spiro atoms. The van der Waals surface area contributed by atoms with Crippen LogP contribution in [0.2, 0.25) is 0 Å². The molecule has 0 saturated carbocycles. The molecule has 0 aliphatic carbocycles. The summed E-state index contributed by atoms with van der Waals surface area (Å²) in [6.45, 7) is 3.38. The zero-order chi connectivity index (χ0) is 11.1. The minimum Gasteiger partial charge on any atom is -0.451 e. The maximum atomic E-state index is 11.1. The van der Waals surface area contributed by atoms with Crippen molar-refractivity contribution in [2.24, 2.45) is 0 Å². The molecule has 0 aromatic rings. The maximum Gasteiger partial charge on any atom is 0.348 e. The van der Waals surface area contributed by atoms with E-state index in [0.29, 0.717) is 6.42 Å². The number of allylic oxidation sites excluding steroid dienone is 1. The van der Waals surface area contributed by atoms with Gasteiger partial charge in [-0.1, -0.05) is 12.5 Å². The Balaban J connectivity index is 2.16. The molecule has 1 saturated heterocycles. The quantitative estimate of drug-likeness (QED) is 0.381. The van der Waals surface area contributed by atoms with Gasteiger partial charge in [0.1, 0.15) is 0 Å². The van der Waals surface area contributed by atoms with Crippen molar-refractivity contribution in [1.82, 2.24) is 0 Å². The van der Waals surface area contributed by atoms with Crippen molar-refractivity contribution in [1.29, 1.82) is 0 Å². The van der Waals surface area contributed by atoms with Crippen LogP contribution >= 0.6 is 0 Å². The first-order chi connectivity index (χ1) is 7.24. The van der Waals surface area contributed by atoms with E-state index in [1.807, 2.05) is 6.08 Å². The van der Waals surface area contributed by atoms with Gasteiger partial charge in [-0.05, 0) is 25.7 Å². The topological polar surface area (TPSA) is 52.6 Å². The van der Waals surface area contributed by atoms with Gasteiger partial charge >= 0.3 is 11.9 Å². The molecule has 84 valence electrons. The molecular weight excluding hydrogens is 196 g/mol. The van der Waals surface area contributed by atoms with Crippen molar-refractivity contribution in [3.05, 3.63) is 12.7 Å². The normalized spacial score (nSPS) is 20.7. The molecule has 4 nitrogen and oxygen atoms in total. The molecule has 15 heavy (non-hydrogen) atoms. The van der Waals surface area contributed by atoms with Crippen LogP contribution in [-0.2, 0) is 19.1 Å². The second-order valence-corrected chi connectivity index (χ2v) is 3.51. The highest BCUT2D eigenvalue weighted by molar-refractivity contribution is 5.85. The van der Waals surface area contributed by atoms with Crippen LogP contribution < -0.4 is 0 Å². The summed E-state index contributed by atoms with van der Waals surface area (Å²) in [4.78, 5) is 22.0. The minimum absolute atomic E-state index is 0.244. The van der Waals surface area contributed by atoms with Gasteiger partial charge in [0, 0.05) is 0 Å². The third kappa shape index (κ3) is 4.14. The molecule has 0 amide bonds. The Labute approximate surface area is 89.2 Å². The molecule has 0 radical (unpaired) electrons. The molecule has 1 heterocycles. The molecule has 1 atom stereocenters. The van der Waals surface area contributed by atoms with Crippen molar-refractivity contribution >= 4 is 11.9 Å². The highest BCUT2D eigenvalue weighted by Crippen LogP contribution is 2.13. The Morgan fingerprint density at radius 1 is 1.33 bits per heavy atom. The van der Waals surface area contributed by atoms with Gasteiger partial charge in [-0.3, -0.25) is 0 Å². The van der Waals surface area contributed by atoms with Gasteiger partial charge in [0.25, 0.3) is 0 Å². The lowest BCUT2D eigenvalue weighted by Crippen LogP contribution is -2.37. The van der Waals surface area contributed by atoms with Gasteiger partial charge in [0.15, 0.2) is 12.7 Å². The lowest BCUT2D eigenvalue weighted by Gasteiger charge is -2.20. The lowest BCUT2D eigenvalue weighted by molar-refractivity contribution is -0.185. The monoisotopic (exact) mass is 212 g/mol. The predicted molar refractivity (Wildman–Crippen MR) is 54.1 cm³/mol. The third-order valence-electron chi connectivity index (χ3n) is 2.24. The van der Waals surface area contributed by atoms with Crippen LogP contribution in [0.5, 0.6) is 0 Å². The molecular formula is C11H16O4. The van der Waals surface area contributed by atoms with E-state index in [-0.39, 0.29) is 6.61 Å². The third-order valence-corrected chi connectivity index (χ3v) is 2.24. The fourth-order valence-corrected chi connectivity index (χ4v) is 1.44. The number of hydrogen-bond acceptors (Lipinski definition) is 4. The largest absolute Gasteiger partial charge is 0.451 e. The van der Waals surface area contributed by atoms with Crippen molar-refractivity contribution in [2.45, 2.75) is 38.2 Å². The van der Waals surface area contributed by atoms with Crippen molar-refractivity contribution in [3.8, 4) is 0 Å². The maximum absolute atomic E-state index is 11.1. The minimum atomic E-state index is -0.685. The van der Waals surface area contributed by atoms with E-state index in [2.05, 4.69) is 11.3 Å². The first-order valence-electron chi connectivity index (χ1n) is 5.21. The predicted octanol–water partition coefficient (Wildman–Crippen LogP) is 1.59. The summed E-state index contributed by atoms with van der Waals surface area (Å²) in [5.74, 6) is -0.871. The lowest BCUT2D eigenvalue weighted by atomic mass is 10.1. The summed E-state index contributed by atoms with van der Waals surface area (Å²) >= 11 is 0. The first kappa shape index (κ1) is 11.8. The number of unbranched alkanes of at least 4 members (excludes halogenated alkanes) is 3. The smallest absolute Gasteiger partial charge is 0.348 e. The second kappa shape index (κ2) is 6.22. The Morgan fingerprint density at radius 2 is 2.13 bits per heavy atom. The van der Waals surface area contributed by atoms with E-state index in [4.69, 9.17) is 4.74 Å². The van der Waals surface area contributed by atoms with Crippen LogP contribution in [0.4, 0.5) is 0 Å². The van der Waals surface area contributed by atoms with Crippen molar-refractivity contribution in [3.63, 3.8) is 0 Å². The van der Waals surface area contributed by atoms with Crippen LogP contribution in [0.3, 0.4) is 0 Å². The van der Waals surface area contributed by atoms with Crippen LogP contribution in [0.15, 0.2) is 12.7 Å². The number of cyclic esters (lactones) is 2. The average Bonchev–Trinajstić information content (AvgIpc) is 2.23. The van der Waals surface area contributed by atoms with Gasteiger partial charge in [0.05, 0.1) is 0 Å². The van der Waals surface area contributed by atoms with Gasteiger partial charge in [-0.15, -0.1) is 6.58 Å². The number of esters is 2. The summed E-state index contributed by atoms with van der Waals surface area (Å²) in [6, 6.07) is 0. The van der Waals surface area contributed by atoms with Crippen molar-refractivity contribution < 1.29 is 19.1 Å². The molecule has 0 aromatic carbocycles. The Hall–Kier alpha value is -1.32.